The Kier molecular flexibility index (Phi) is 8.00. The van der Waals surface area contributed by atoms with E-state index in [9.17, 15) is 4.79 Å². The van der Waals surface area contributed by atoms with Gasteiger partial charge in [0.1, 0.15) is 17.6 Å². The van der Waals surface area contributed by atoms with Crippen molar-refractivity contribution in [1.29, 1.82) is 0 Å². The molecule has 2 fully saturated rings. The van der Waals surface area contributed by atoms with Crippen molar-refractivity contribution in [3.05, 3.63) is 23.8 Å². The molecule has 1 saturated heterocycles. The van der Waals surface area contributed by atoms with Crippen LogP contribution in [0.5, 0.6) is 11.5 Å². The first-order chi connectivity index (χ1) is 14.4. The highest BCUT2D eigenvalue weighted by Crippen LogP contribution is 2.38. The second-order valence-electron chi connectivity index (χ2n) is 9.38. The van der Waals surface area contributed by atoms with E-state index in [1.54, 1.807) is 26.4 Å². The maximum absolute atomic E-state index is 12.6. The maximum Gasteiger partial charge on any atom is 0.255 e. The fourth-order valence-corrected chi connectivity index (χ4v) is 4.78. The van der Waals surface area contributed by atoms with E-state index in [2.05, 4.69) is 24.1 Å². The van der Waals surface area contributed by atoms with E-state index < -0.39 is 0 Å². The molecule has 6 nitrogen and oxygen atoms in total. The topological polar surface area (TPSA) is 60.0 Å². The molecular weight excluding hydrogens is 380 g/mol. The van der Waals surface area contributed by atoms with Crippen LogP contribution in [0.1, 0.15) is 62.7 Å². The number of nitrogens with one attached hydrogen (secondary N) is 1. The number of likely N-dealkylation sites (tertiary alicyclic amines) is 1. The number of amides is 1. The molecule has 0 aromatic heterocycles. The molecule has 1 aliphatic carbocycles. The summed E-state index contributed by atoms with van der Waals surface area (Å²) >= 11 is 0. The number of hydrogen-bond acceptors (Lipinski definition) is 5. The number of methoxy groups -OCH3 is 2. The third-order valence-electron chi connectivity index (χ3n) is 6.49. The summed E-state index contributed by atoms with van der Waals surface area (Å²) in [4.78, 5) is 15.3. The molecule has 2 aliphatic rings. The van der Waals surface area contributed by atoms with Crippen molar-refractivity contribution >= 4 is 5.91 Å². The van der Waals surface area contributed by atoms with Crippen molar-refractivity contribution in [3.8, 4) is 11.5 Å². The summed E-state index contributed by atoms with van der Waals surface area (Å²) in [7, 11) is 3.25. The third-order valence-corrected chi connectivity index (χ3v) is 6.49. The molecule has 0 spiro atoms. The maximum atomic E-state index is 12.6. The van der Waals surface area contributed by atoms with Gasteiger partial charge in [-0.3, -0.25) is 4.79 Å². The Balaban J connectivity index is 1.60. The molecule has 1 aromatic carbocycles. The van der Waals surface area contributed by atoms with Crippen LogP contribution in [0.25, 0.3) is 0 Å². The van der Waals surface area contributed by atoms with E-state index in [4.69, 9.17) is 14.2 Å². The monoisotopic (exact) mass is 418 g/mol. The second kappa shape index (κ2) is 10.5. The molecule has 1 atom stereocenters. The predicted octanol–water partition coefficient (Wildman–Crippen LogP) is 3.88. The van der Waals surface area contributed by atoms with Crippen molar-refractivity contribution in [3.63, 3.8) is 0 Å². The smallest absolute Gasteiger partial charge is 0.255 e. The summed E-state index contributed by atoms with van der Waals surface area (Å²) in [6.07, 6.45) is 7.37. The standard InChI is InChI=1S/C24H38N2O4/c1-24(2)11-5-6-18(17-24)26-13-9-19(10-14-26)30-22-16-20(29-4)7-8-21(22)23(27)25-12-15-28-3/h7-8,16,18-19H,5-6,9-15,17H2,1-4H3,(H,25,27)/t18-/m0/s1. The van der Waals surface area contributed by atoms with Crippen molar-refractivity contribution < 1.29 is 19.0 Å². The normalized spacial score (nSPS) is 22.5. The zero-order valence-corrected chi connectivity index (χ0v) is 19.0. The molecule has 0 bridgehead atoms. The number of rotatable bonds is 8. The molecule has 30 heavy (non-hydrogen) atoms. The summed E-state index contributed by atoms with van der Waals surface area (Å²) in [5.41, 5.74) is 1.01. The quantitative estimate of drug-likeness (QED) is 0.649. The minimum Gasteiger partial charge on any atom is -0.497 e. The molecule has 1 N–H and O–H groups in total. The largest absolute Gasteiger partial charge is 0.497 e. The highest BCUT2D eigenvalue weighted by molar-refractivity contribution is 5.97. The highest BCUT2D eigenvalue weighted by Gasteiger charge is 2.33. The molecule has 1 heterocycles. The zero-order chi connectivity index (χ0) is 21.6. The van der Waals surface area contributed by atoms with Crippen LogP contribution in [0, 0.1) is 5.41 Å². The molecule has 3 rings (SSSR count). The Bertz CT molecular complexity index is 698. The van der Waals surface area contributed by atoms with Gasteiger partial charge in [0, 0.05) is 38.9 Å². The fourth-order valence-electron chi connectivity index (χ4n) is 4.78. The van der Waals surface area contributed by atoms with Crippen molar-refractivity contribution in [1.82, 2.24) is 10.2 Å². The molecule has 1 amide bonds. The predicted molar refractivity (Wildman–Crippen MR) is 118 cm³/mol. The highest BCUT2D eigenvalue weighted by atomic mass is 16.5. The van der Waals surface area contributed by atoms with Gasteiger partial charge in [0.25, 0.3) is 5.91 Å². The lowest BCUT2D eigenvalue weighted by atomic mass is 9.74. The van der Waals surface area contributed by atoms with Crippen molar-refractivity contribution in [2.24, 2.45) is 5.41 Å². The fraction of sp³-hybridized carbons (Fsp3) is 0.708. The number of carbonyl (C=O) groups excluding carboxylic acids is 1. The number of hydrogen-bond donors (Lipinski definition) is 1. The average Bonchev–Trinajstić information content (AvgIpc) is 2.73. The van der Waals surface area contributed by atoms with Crippen LogP contribution in [0.2, 0.25) is 0 Å². The Morgan fingerprint density at radius 2 is 1.97 bits per heavy atom. The first kappa shape index (κ1) is 22.9. The van der Waals surface area contributed by atoms with E-state index in [0.29, 0.717) is 41.7 Å². The van der Waals surface area contributed by atoms with Crippen LogP contribution in [-0.4, -0.2) is 63.4 Å². The lowest BCUT2D eigenvalue weighted by Crippen LogP contribution is -2.47. The zero-order valence-electron chi connectivity index (χ0n) is 19.0. The Hall–Kier alpha value is -1.79. The molecule has 1 saturated carbocycles. The van der Waals surface area contributed by atoms with E-state index >= 15 is 0 Å². The van der Waals surface area contributed by atoms with Gasteiger partial charge >= 0.3 is 0 Å². The van der Waals surface area contributed by atoms with Crippen LogP contribution >= 0.6 is 0 Å². The Labute approximate surface area is 181 Å². The average molecular weight is 419 g/mol. The lowest BCUT2D eigenvalue weighted by molar-refractivity contribution is 0.0394. The first-order valence-corrected chi connectivity index (χ1v) is 11.3. The van der Waals surface area contributed by atoms with Gasteiger partial charge in [0.05, 0.1) is 19.3 Å². The van der Waals surface area contributed by atoms with Gasteiger partial charge in [-0.2, -0.15) is 0 Å². The van der Waals surface area contributed by atoms with Crippen LogP contribution in [0.3, 0.4) is 0 Å². The number of carbonyl (C=O) groups is 1. The molecule has 6 heteroatoms. The molecular formula is C24H38N2O4. The summed E-state index contributed by atoms with van der Waals surface area (Å²) in [6, 6.07) is 6.09. The summed E-state index contributed by atoms with van der Waals surface area (Å²) in [6.45, 7) is 7.87. The minimum absolute atomic E-state index is 0.121. The third kappa shape index (κ3) is 6.11. The molecule has 1 aromatic rings. The van der Waals surface area contributed by atoms with Crippen LogP contribution < -0.4 is 14.8 Å². The molecule has 168 valence electrons. The minimum atomic E-state index is -0.147. The summed E-state index contributed by atoms with van der Waals surface area (Å²) < 4.78 is 16.7. The number of benzene rings is 1. The Morgan fingerprint density at radius 1 is 1.20 bits per heavy atom. The number of piperidine rings is 1. The van der Waals surface area contributed by atoms with Crippen LogP contribution in [-0.2, 0) is 4.74 Å². The van der Waals surface area contributed by atoms with Gasteiger partial charge < -0.3 is 24.4 Å². The van der Waals surface area contributed by atoms with E-state index in [-0.39, 0.29) is 12.0 Å². The first-order valence-electron chi connectivity index (χ1n) is 11.3. The van der Waals surface area contributed by atoms with Crippen LogP contribution in [0.4, 0.5) is 0 Å². The van der Waals surface area contributed by atoms with Gasteiger partial charge in [-0.1, -0.05) is 20.3 Å². The van der Waals surface area contributed by atoms with Gasteiger partial charge in [-0.05, 0) is 49.7 Å². The van der Waals surface area contributed by atoms with E-state index in [1.807, 2.05) is 6.07 Å². The number of ether oxygens (including phenoxy) is 3. The Morgan fingerprint density at radius 3 is 2.63 bits per heavy atom. The van der Waals surface area contributed by atoms with Gasteiger partial charge in [-0.15, -0.1) is 0 Å². The summed E-state index contributed by atoms with van der Waals surface area (Å²) in [5.74, 6) is 1.15. The molecule has 1 aliphatic heterocycles. The van der Waals surface area contributed by atoms with Gasteiger partial charge in [0.15, 0.2) is 0 Å². The van der Waals surface area contributed by atoms with Crippen LogP contribution in [0.15, 0.2) is 18.2 Å². The van der Waals surface area contributed by atoms with E-state index in [0.717, 1.165) is 25.9 Å². The van der Waals surface area contributed by atoms with Gasteiger partial charge in [0.2, 0.25) is 0 Å². The van der Waals surface area contributed by atoms with Crippen molar-refractivity contribution in [2.75, 3.05) is 40.5 Å². The second-order valence-corrected chi connectivity index (χ2v) is 9.38. The SMILES string of the molecule is COCCNC(=O)c1ccc(OC)cc1OC1CCN([C@H]2CCCC(C)(C)C2)CC1. The van der Waals surface area contributed by atoms with Crippen molar-refractivity contribution in [2.45, 2.75) is 64.5 Å². The number of nitrogens with zero attached hydrogens (tertiary/aromatic N) is 1. The molecule has 0 unspecified atom stereocenters. The summed E-state index contributed by atoms with van der Waals surface area (Å²) in [5, 5.41) is 2.88. The van der Waals surface area contributed by atoms with Gasteiger partial charge in [-0.25, -0.2) is 0 Å². The van der Waals surface area contributed by atoms with E-state index in [1.165, 1.54) is 25.7 Å². The lowest BCUT2D eigenvalue weighted by Gasteiger charge is -2.44. The molecule has 0 radical (unpaired) electrons.